The largest absolute Gasteiger partial charge is 0.336 e. The molecule has 0 spiro atoms. The molecule has 4 rings (SSSR count). The predicted octanol–water partition coefficient (Wildman–Crippen LogP) is 2.70. The van der Waals surface area contributed by atoms with E-state index in [1.54, 1.807) is 0 Å². The van der Waals surface area contributed by atoms with Gasteiger partial charge in [-0.25, -0.2) is 0 Å². The summed E-state index contributed by atoms with van der Waals surface area (Å²) >= 11 is 0. The monoisotopic (exact) mass is 355 g/mol. The molecule has 2 atom stereocenters. The molecule has 2 unspecified atom stereocenters. The molecule has 0 saturated carbocycles. The van der Waals surface area contributed by atoms with Gasteiger partial charge in [-0.2, -0.15) is 0 Å². The zero-order valence-electron chi connectivity index (χ0n) is 15.8. The van der Waals surface area contributed by atoms with E-state index in [4.69, 9.17) is 0 Å². The maximum absolute atomic E-state index is 12.8. The standard InChI is InChI=1S/C20H29N5O/c1-15-6-5-7-16(2)25(15)19(26)14-23-12-9-17(10-13-23)20-22-21-18-8-3-4-11-24(18)20/h3-4,8,11,15-17H,5-7,9-10,12-14H2,1-2H3. The SMILES string of the molecule is CC1CCCC(C)N1C(=O)CN1CCC(c2nnc3ccccn23)CC1. The third kappa shape index (κ3) is 3.34. The third-order valence-electron chi connectivity index (χ3n) is 6.13. The fourth-order valence-electron chi connectivity index (χ4n) is 4.67. The number of hydrogen-bond acceptors (Lipinski definition) is 4. The molecular weight excluding hydrogens is 326 g/mol. The molecule has 0 radical (unpaired) electrons. The summed E-state index contributed by atoms with van der Waals surface area (Å²) in [5, 5.41) is 8.70. The number of likely N-dealkylation sites (tertiary alicyclic amines) is 2. The van der Waals surface area contributed by atoms with E-state index < -0.39 is 0 Å². The van der Waals surface area contributed by atoms with E-state index in [1.807, 2.05) is 24.4 Å². The second-order valence-electron chi connectivity index (χ2n) is 7.97. The molecule has 140 valence electrons. The summed E-state index contributed by atoms with van der Waals surface area (Å²) in [5.41, 5.74) is 0.910. The van der Waals surface area contributed by atoms with Crippen LogP contribution >= 0.6 is 0 Å². The molecule has 6 nitrogen and oxygen atoms in total. The molecule has 0 N–H and O–H groups in total. The Bertz CT molecular complexity index is 754. The van der Waals surface area contributed by atoms with Gasteiger partial charge in [-0.1, -0.05) is 6.07 Å². The van der Waals surface area contributed by atoms with Crippen molar-refractivity contribution in [3.63, 3.8) is 0 Å². The topological polar surface area (TPSA) is 53.7 Å². The van der Waals surface area contributed by atoms with Crippen LogP contribution in [0.1, 0.15) is 57.7 Å². The van der Waals surface area contributed by atoms with E-state index in [9.17, 15) is 4.79 Å². The molecule has 6 heteroatoms. The van der Waals surface area contributed by atoms with E-state index in [-0.39, 0.29) is 0 Å². The van der Waals surface area contributed by atoms with E-state index >= 15 is 0 Å². The van der Waals surface area contributed by atoms with Crippen LogP contribution in [0, 0.1) is 0 Å². The summed E-state index contributed by atoms with van der Waals surface area (Å²) in [6.07, 6.45) is 7.63. The van der Waals surface area contributed by atoms with Crippen LogP contribution in [-0.2, 0) is 4.79 Å². The van der Waals surface area contributed by atoms with E-state index in [0.717, 1.165) is 50.2 Å². The minimum atomic E-state index is 0.302. The van der Waals surface area contributed by atoms with Gasteiger partial charge in [0.05, 0.1) is 6.54 Å². The Morgan fingerprint density at radius 2 is 1.81 bits per heavy atom. The molecule has 2 aromatic heterocycles. The van der Waals surface area contributed by atoms with Gasteiger partial charge in [0.15, 0.2) is 5.65 Å². The Kier molecular flexibility index (Phi) is 4.94. The number of carbonyl (C=O) groups excluding carboxylic acids is 1. The van der Waals surface area contributed by atoms with E-state index in [0.29, 0.717) is 30.5 Å². The van der Waals surface area contributed by atoms with Gasteiger partial charge >= 0.3 is 0 Å². The highest BCUT2D eigenvalue weighted by Gasteiger charge is 2.31. The summed E-state index contributed by atoms with van der Waals surface area (Å²) in [6, 6.07) is 6.77. The van der Waals surface area contributed by atoms with Gasteiger partial charge in [0.25, 0.3) is 0 Å². The smallest absolute Gasteiger partial charge is 0.237 e. The summed E-state index contributed by atoms with van der Waals surface area (Å²) < 4.78 is 2.10. The van der Waals surface area contributed by atoms with Gasteiger partial charge < -0.3 is 4.90 Å². The maximum Gasteiger partial charge on any atom is 0.237 e. The molecule has 2 aliphatic heterocycles. The van der Waals surface area contributed by atoms with Gasteiger partial charge in [-0.3, -0.25) is 14.1 Å². The number of piperidine rings is 2. The average Bonchev–Trinajstić information content (AvgIpc) is 3.06. The highest BCUT2D eigenvalue weighted by molar-refractivity contribution is 5.79. The lowest BCUT2D eigenvalue weighted by Crippen LogP contribution is -2.51. The molecule has 2 aromatic rings. The molecule has 26 heavy (non-hydrogen) atoms. The van der Waals surface area contributed by atoms with Crippen LogP contribution in [0.15, 0.2) is 24.4 Å². The number of rotatable bonds is 3. The first-order chi connectivity index (χ1) is 12.6. The fraction of sp³-hybridized carbons (Fsp3) is 0.650. The first-order valence-electron chi connectivity index (χ1n) is 9.96. The number of pyridine rings is 1. The van der Waals surface area contributed by atoms with Gasteiger partial charge in [-0.15, -0.1) is 10.2 Å². The second-order valence-corrected chi connectivity index (χ2v) is 7.97. The highest BCUT2D eigenvalue weighted by atomic mass is 16.2. The normalized spacial score (nSPS) is 25.7. The van der Waals surface area contributed by atoms with Crippen molar-refractivity contribution in [3.05, 3.63) is 30.2 Å². The molecular formula is C20H29N5O. The summed E-state index contributed by atoms with van der Waals surface area (Å²) in [6.45, 7) is 6.85. The number of hydrogen-bond donors (Lipinski definition) is 0. The molecule has 0 bridgehead atoms. The molecule has 0 aliphatic carbocycles. The van der Waals surface area contributed by atoms with Crippen molar-refractivity contribution in [1.82, 2.24) is 24.4 Å². The van der Waals surface area contributed by atoms with Crippen molar-refractivity contribution in [2.75, 3.05) is 19.6 Å². The Morgan fingerprint density at radius 3 is 2.54 bits per heavy atom. The highest BCUT2D eigenvalue weighted by Crippen LogP contribution is 2.28. The molecule has 4 heterocycles. The number of aromatic nitrogens is 3. The molecule has 1 amide bonds. The van der Waals surface area contributed by atoms with Crippen molar-refractivity contribution in [2.45, 2.75) is 64.0 Å². The third-order valence-corrected chi connectivity index (χ3v) is 6.13. The molecule has 0 aromatic carbocycles. The number of carbonyl (C=O) groups is 1. The lowest BCUT2D eigenvalue weighted by Gasteiger charge is -2.41. The van der Waals surface area contributed by atoms with E-state index in [1.165, 1.54) is 6.42 Å². The molecule has 2 aliphatic rings. The van der Waals surface area contributed by atoms with Crippen LogP contribution in [0.2, 0.25) is 0 Å². The van der Waals surface area contributed by atoms with Gasteiger partial charge in [0.1, 0.15) is 5.82 Å². The fourth-order valence-corrected chi connectivity index (χ4v) is 4.67. The van der Waals surface area contributed by atoms with Crippen LogP contribution in [0.3, 0.4) is 0 Å². The predicted molar refractivity (Wildman–Crippen MR) is 101 cm³/mol. The van der Waals surface area contributed by atoms with Crippen molar-refractivity contribution in [2.24, 2.45) is 0 Å². The van der Waals surface area contributed by atoms with Crippen LogP contribution in [0.25, 0.3) is 5.65 Å². The lowest BCUT2D eigenvalue weighted by molar-refractivity contribution is -0.138. The quantitative estimate of drug-likeness (QED) is 0.849. The summed E-state index contributed by atoms with van der Waals surface area (Å²) in [7, 11) is 0. The minimum Gasteiger partial charge on any atom is -0.336 e. The van der Waals surface area contributed by atoms with Crippen molar-refractivity contribution < 1.29 is 4.79 Å². The van der Waals surface area contributed by atoms with Crippen LogP contribution in [0.5, 0.6) is 0 Å². The van der Waals surface area contributed by atoms with Crippen molar-refractivity contribution in [1.29, 1.82) is 0 Å². The van der Waals surface area contributed by atoms with E-state index in [2.05, 4.69) is 38.2 Å². The lowest BCUT2D eigenvalue weighted by atomic mass is 9.95. The number of amides is 1. The average molecular weight is 355 g/mol. The van der Waals surface area contributed by atoms with Crippen molar-refractivity contribution >= 4 is 11.6 Å². The zero-order chi connectivity index (χ0) is 18.1. The van der Waals surface area contributed by atoms with Gasteiger partial charge in [-0.05, 0) is 71.2 Å². The van der Waals surface area contributed by atoms with Crippen LogP contribution in [0.4, 0.5) is 0 Å². The van der Waals surface area contributed by atoms with Crippen molar-refractivity contribution in [3.8, 4) is 0 Å². The summed E-state index contributed by atoms with van der Waals surface area (Å²) in [4.78, 5) is 17.3. The molecule has 2 saturated heterocycles. The summed E-state index contributed by atoms with van der Waals surface area (Å²) in [5.74, 6) is 1.78. The maximum atomic E-state index is 12.8. The second kappa shape index (κ2) is 7.35. The number of nitrogens with zero attached hydrogens (tertiary/aromatic N) is 5. The first kappa shape index (κ1) is 17.5. The van der Waals surface area contributed by atoms with Crippen LogP contribution in [-0.4, -0.2) is 62.0 Å². The Morgan fingerprint density at radius 1 is 1.08 bits per heavy atom. The number of fused-ring (bicyclic) bond motifs is 1. The van der Waals surface area contributed by atoms with Gasteiger partial charge in [0.2, 0.25) is 5.91 Å². The Balaban J connectivity index is 1.36. The first-order valence-corrected chi connectivity index (χ1v) is 9.96. The van der Waals surface area contributed by atoms with Crippen LogP contribution < -0.4 is 0 Å². The van der Waals surface area contributed by atoms with Gasteiger partial charge in [0, 0.05) is 24.2 Å². The Labute approximate surface area is 155 Å². The molecule has 2 fully saturated rings. The minimum absolute atomic E-state index is 0.302. The Hall–Kier alpha value is -1.95. The zero-order valence-corrected chi connectivity index (χ0v) is 15.8.